The molecule has 1 unspecified atom stereocenters. The molecule has 4 heteroatoms. The predicted molar refractivity (Wildman–Crippen MR) is 85.0 cm³/mol. The van der Waals surface area contributed by atoms with Gasteiger partial charge in [-0.2, -0.15) is 0 Å². The second kappa shape index (κ2) is 6.68. The average molecular weight is 286 g/mol. The number of hydrogen-bond donors (Lipinski definition) is 1. The molecule has 1 N–H and O–H groups in total. The van der Waals surface area contributed by atoms with Crippen LogP contribution in [0, 0.1) is 0 Å². The lowest BCUT2D eigenvalue weighted by atomic mass is 10.1. The van der Waals surface area contributed by atoms with E-state index in [1.54, 1.807) is 6.26 Å². The third kappa shape index (κ3) is 3.58. The highest BCUT2D eigenvalue weighted by atomic mass is 16.5. The third-order valence-electron chi connectivity index (χ3n) is 3.75. The minimum atomic E-state index is 0.318. The Hall–Kier alpha value is -1.94. The summed E-state index contributed by atoms with van der Waals surface area (Å²) < 4.78 is 10.9. The van der Waals surface area contributed by atoms with Crippen LogP contribution >= 0.6 is 0 Å². The van der Waals surface area contributed by atoms with E-state index >= 15 is 0 Å². The monoisotopic (exact) mass is 286 g/mol. The Kier molecular flexibility index (Phi) is 4.46. The van der Waals surface area contributed by atoms with E-state index in [0.717, 1.165) is 38.5 Å². The van der Waals surface area contributed by atoms with E-state index in [2.05, 4.69) is 41.4 Å². The summed E-state index contributed by atoms with van der Waals surface area (Å²) in [6.45, 7) is 5.68. The Morgan fingerprint density at radius 1 is 1.14 bits per heavy atom. The fraction of sp³-hybridized carbons (Fsp3) is 0.412. The molecule has 1 fully saturated rings. The molecule has 0 spiro atoms. The first-order valence-corrected chi connectivity index (χ1v) is 7.53. The Morgan fingerprint density at radius 2 is 1.95 bits per heavy atom. The zero-order chi connectivity index (χ0) is 14.5. The van der Waals surface area contributed by atoms with E-state index in [4.69, 9.17) is 9.15 Å². The highest BCUT2D eigenvalue weighted by molar-refractivity contribution is 5.70. The van der Waals surface area contributed by atoms with Gasteiger partial charge in [0, 0.05) is 25.6 Å². The molecule has 1 aromatic heterocycles. The molecule has 0 bridgehead atoms. The second-order valence-electron chi connectivity index (χ2n) is 5.45. The van der Waals surface area contributed by atoms with E-state index in [0.29, 0.717) is 6.04 Å². The van der Waals surface area contributed by atoms with Crippen molar-refractivity contribution in [3.8, 4) is 0 Å². The van der Waals surface area contributed by atoms with Crippen LogP contribution in [0.15, 0.2) is 47.1 Å². The van der Waals surface area contributed by atoms with Crippen LogP contribution in [0.4, 0.5) is 11.4 Å². The summed E-state index contributed by atoms with van der Waals surface area (Å²) in [5, 5.41) is 3.60. The molecule has 3 rings (SSSR count). The van der Waals surface area contributed by atoms with Crippen molar-refractivity contribution in [2.24, 2.45) is 0 Å². The first-order chi connectivity index (χ1) is 10.3. The van der Waals surface area contributed by atoms with Gasteiger partial charge in [0.25, 0.3) is 0 Å². The van der Waals surface area contributed by atoms with Crippen molar-refractivity contribution in [1.29, 1.82) is 0 Å². The number of hydrogen-bond acceptors (Lipinski definition) is 4. The molecule has 2 heterocycles. The van der Waals surface area contributed by atoms with Crippen molar-refractivity contribution in [1.82, 2.24) is 0 Å². The van der Waals surface area contributed by atoms with Gasteiger partial charge in [0.05, 0.1) is 30.9 Å². The van der Waals surface area contributed by atoms with Crippen LogP contribution in [-0.2, 0) is 11.2 Å². The minimum absolute atomic E-state index is 0.318. The number of nitrogens with zero attached hydrogens (tertiary/aromatic N) is 1. The van der Waals surface area contributed by atoms with Gasteiger partial charge in [0.15, 0.2) is 0 Å². The van der Waals surface area contributed by atoms with Crippen molar-refractivity contribution >= 4 is 11.4 Å². The molecule has 0 amide bonds. The van der Waals surface area contributed by atoms with Gasteiger partial charge in [-0.15, -0.1) is 0 Å². The first kappa shape index (κ1) is 14.0. The van der Waals surface area contributed by atoms with Gasteiger partial charge < -0.3 is 19.4 Å². The average Bonchev–Trinajstić information content (AvgIpc) is 3.01. The Morgan fingerprint density at radius 3 is 2.71 bits per heavy atom. The predicted octanol–water partition coefficient (Wildman–Crippen LogP) is 3.16. The topological polar surface area (TPSA) is 37.6 Å². The van der Waals surface area contributed by atoms with Crippen molar-refractivity contribution in [3.63, 3.8) is 0 Å². The van der Waals surface area contributed by atoms with Crippen LogP contribution in [0.3, 0.4) is 0 Å². The van der Waals surface area contributed by atoms with Gasteiger partial charge in [-0.3, -0.25) is 0 Å². The molecule has 1 atom stereocenters. The van der Waals surface area contributed by atoms with Crippen LogP contribution in [0.25, 0.3) is 0 Å². The summed E-state index contributed by atoms with van der Waals surface area (Å²) in [6, 6.07) is 12.8. The van der Waals surface area contributed by atoms with Crippen molar-refractivity contribution in [2.45, 2.75) is 19.4 Å². The number of rotatable bonds is 5. The number of furan rings is 1. The minimum Gasteiger partial charge on any atom is -0.469 e. The standard InChI is InChI=1S/C17H22N2O2/c1-14(13-15-5-4-10-21-15)18-16-6-2-3-7-17(16)19-8-11-20-12-9-19/h2-7,10,14,18H,8-9,11-13H2,1H3. The van der Waals surface area contributed by atoms with Crippen molar-refractivity contribution in [3.05, 3.63) is 48.4 Å². The van der Waals surface area contributed by atoms with Gasteiger partial charge in [-0.1, -0.05) is 12.1 Å². The molecule has 4 nitrogen and oxygen atoms in total. The summed E-state index contributed by atoms with van der Waals surface area (Å²) in [7, 11) is 0. The molecule has 0 saturated carbocycles. The molecule has 1 aliphatic heterocycles. The summed E-state index contributed by atoms with van der Waals surface area (Å²) in [5.74, 6) is 1.01. The van der Waals surface area contributed by atoms with Gasteiger partial charge in [0.1, 0.15) is 5.76 Å². The molecule has 1 aromatic carbocycles. The number of morpholine rings is 1. The lowest BCUT2D eigenvalue weighted by molar-refractivity contribution is 0.123. The molecule has 0 radical (unpaired) electrons. The molecular formula is C17H22N2O2. The molecule has 2 aromatic rings. The van der Waals surface area contributed by atoms with E-state index in [9.17, 15) is 0 Å². The number of benzene rings is 1. The number of para-hydroxylation sites is 2. The van der Waals surface area contributed by atoms with Gasteiger partial charge in [-0.05, 0) is 31.2 Å². The summed E-state index contributed by atoms with van der Waals surface area (Å²) in [6.07, 6.45) is 2.61. The molecule has 1 saturated heterocycles. The summed E-state index contributed by atoms with van der Waals surface area (Å²) in [5.41, 5.74) is 2.44. The van der Waals surface area contributed by atoms with Gasteiger partial charge in [0.2, 0.25) is 0 Å². The van der Waals surface area contributed by atoms with Crippen LogP contribution in [0.5, 0.6) is 0 Å². The van der Waals surface area contributed by atoms with Crippen molar-refractivity contribution < 1.29 is 9.15 Å². The zero-order valence-corrected chi connectivity index (χ0v) is 12.4. The summed E-state index contributed by atoms with van der Waals surface area (Å²) >= 11 is 0. The van der Waals surface area contributed by atoms with Crippen LogP contribution in [0.2, 0.25) is 0 Å². The maximum Gasteiger partial charge on any atom is 0.105 e. The lowest BCUT2D eigenvalue weighted by Gasteiger charge is -2.31. The van der Waals surface area contributed by atoms with E-state index in [1.807, 2.05) is 12.1 Å². The van der Waals surface area contributed by atoms with Gasteiger partial charge in [-0.25, -0.2) is 0 Å². The quantitative estimate of drug-likeness (QED) is 0.916. The largest absolute Gasteiger partial charge is 0.469 e. The molecule has 1 aliphatic rings. The number of anilines is 2. The van der Waals surface area contributed by atoms with E-state index in [1.165, 1.54) is 11.4 Å². The number of ether oxygens (including phenoxy) is 1. The maximum absolute atomic E-state index is 5.44. The molecule has 0 aliphatic carbocycles. The lowest BCUT2D eigenvalue weighted by Crippen LogP contribution is -2.36. The second-order valence-corrected chi connectivity index (χ2v) is 5.45. The normalized spacial score (nSPS) is 16.7. The van der Waals surface area contributed by atoms with E-state index < -0.39 is 0 Å². The van der Waals surface area contributed by atoms with Crippen LogP contribution < -0.4 is 10.2 Å². The SMILES string of the molecule is CC(Cc1ccco1)Nc1ccccc1N1CCOCC1. The maximum atomic E-state index is 5.44. The fourth-order valence-electron chi connectivity index (χ4n) is 2.72. The smallest absolute Gasteiger partial charge is 0.105 e. The molecular weight excluding hydrogens is 264 g/mol. The Labute approximate surface area is 125 Å². The third-order valence-corrected chi connectivity index (χ3v) is 3.75. The van der Waals surface area contributed by atoms with Crippen molar-refractivity contribution in [2.75, 3.05) is 36.5 Å². The van der Waals surface area contributed by atoms with Crippen LogP contribution in [0.1, 0.15) is 12.7 Å². The van der Waals surface area contributed by atoms with Gasteiger partial charge >= 0.3 is 0 Å². The Bertz CT molecular complexity index is 548. The van der Waals surface area contributed by atoms with Crippen LogP contribution in [-0.4, -0.2) is 32.3 Å². The molecule has 112 valence electrons. The fourth-order valence-corrected chi connectivity index (χ4v) is 2.72. The molecule has 21 heavy (non-hydrogen) atoms. The summed E-state index contributed by atoms with van der Waals surface area (Å²) in [4.78, 5) is 2.38. The Balaban J connectivity index is 1.69. The number of nitrogens with one attached hydrogen (secondary N) is 1. The van der Waals surface area contributed by atoms with E-state index in [-0.39, 0.29) is 0 Å². The highest BCUT2D eigenvalue weighted by Gasteiger charge is 2.15. The zero-order valence-electron chi connectivity index (χ0n) is 12.4. The highest BCUT2D eigenvalue weighted by Crippen LogP contribution is 2.27. The first-order valence-electron chi connectivity index (χ1n) is 7.53.